The Hall–Kier alpha value is -4.95. The Labute approximate surface area is 228 Å². The van der Waals surface area contributed by atoms with Crippen molar-refractivity contribution in [2.24, 2.45) is 7.05 Å². The molecular formula is C37H28NO+. The third kappa shape index (κ3) is 4.11. The largest absolute Gasteiger partial charge is 0.455 e. The van der Waals surface area contributed by atoms with Crippen LogP contribution in [-0.2, 0) is 7.05 Å². The average Bonchev–Trinajstić information content (AvgIpc) is 3.36. The fourth-order valence-electron chi connectivity index (χ4n) is 5.56. The normalized spacial score (nSPS) is 11.3. The zero-order chi connectivity index (χ0) is 26.3. The lowest BCUT2D eigenvalue weighted by molar-refractivity contribution is -0.660. The minimum Gasteiger partial charge on any atom is -0.455 e. The van der Waals surface area contributed by atoms with Crippen LogP contribution in [0.1, 0.15) is 5.56 Å². The summed E-state index contributed by atoms with van der Waals surface area (Å²) in [5.41, 5.74) is 12.6. The molecule has 2 heteroatoms. The Balaban J connectivity index is 1.23. The SMILES string of the molecule is Cc1ccc2c(oc3cc(-c4ccc(-c5ccc(-c6ccccc6)cc5)cc4)ccc32)c1-c1cccc[n+]1C. The van der Waals surface area contributed by atoms with Gasteiger partial charge in [-0.25, -0.2) is 4.57 Å². The molecule has 0 atom stereocenters. The molecule has 2 heterocycles. The fraction of sp³-hybridized carbons (Fsp3) is 0.0541. The first-order chi connectivity index (χ1) is 19.2. The van der Waals surface area contributed by atoms with E-state index in [0.717, 1.165) is 38.8 Å². The van der Waals surface area contributed by atoms with Gasteiger partial charge in [-0.05, 0) is 64.1 Å². The number of aromatic nitrogens is 1. The van der Waals surface area contributed by atoms with Crippen LogP contribution in [0.4, 0.5) is 0 Å². The van der Waals surface area contributed by atoms with Crippen LogP contribution in [0.15, 0.2) is 138 Å². The maximum Gasteiger partial charge on any atom is 0.216 e. The number of nitrogens with zero attached hydrogens (tertiary/aromatic N) is 1. The predicted molar refractivity (Wildman–Crippen MR) is 161 cm³/mol. The number of aryl methyl sites for hydroxylation is 2. The second-order valence-electron chi connectivity index (χ2n) is 10.2. The highest BCUT2D eigenvalue weighted by molar-refractivity contribution is 6.10. The molecule has 0 spiro atoms. The molecule has 0 aliphatic rings. The van der Waals surface area contributed by atoms with Crippen molar-refractivity contribution in [3.8, 4) is 44.6 Å². The van der Waals surface area contributed by atoms with E-state index in [1.54, 1.807) is 0 Å². The van der Waals surface area contributed by atoms with Crippen molar-refractivity contribution in [3.63, 3.8) is 0 Å². The second kappa shape index (κ2) is 9.41. The summed E-state index contributed by atoms with van der Waals surface area (Å²) in [7, 11) is 2.08. The summed E-state index contributed by atoms with van der Waals surface area (Å²) in [6.45, 7) is 2.15. The van der Waals surface area contributed by atoms with Gasteiger partial charge >= 0.3 is 0 Å². The summed E-state index contributed by atoms with van der Waals surface area (Å²) in [4.78, 5) is 0. The molecule has 0 aliphatic heterocycles. The zero-order valence-corrected chi connectivity index (χ0v) is 22.1. The van der Waals surface area contributed by atoms with Gasteiger partial charge in [0.1, 0.15) is 18.2 Å². The standard InChI is InChI=1S/C37H28NO/c1-25-11-21-33-32-22-20-31(24-35(32)39-37(33)36(25)34-10-6-7-23-38(34)2)30-18-16-29(17-19-30)28-14-12-27(13-15-28)26-8-4-3-5-9-26/h3-24H,1-2H3/q+1. The lowest BCUT2D eigenvalue weighted by atomic mass is 9.97. The molecule has 0 saturated carbocycles. The molecular weight excluding hydrogens is 474 g/mol. The van der Waals surface area contributed by atoms with Crippen LogP contribution in [0.5, 0.6) is 0 Å². The Kier molecular flexibility index (Phi) is 5.60. The third-order valence-corrected chi connectivity index (χ3v) is 7.70. The molecule has 7 rings (SSSR count). The molecule has 186 valence electrons. The van der Waals surface area contributed by atoms with E-state index >= 15 is 0 Å². The van der Waals surface area contributed by atoms with E-state index in [1.807, 2.05) is 6.07 Å². The first-order valence-corrected chi connectivity index (χ1v) is 13.3. The summed E-state index contributed by atoms with van der Waals surface area (Å²) in [6, 6.07) is 45.3. The van der Waals surface area contributed by atoms with Crippen molar-refractivity contribution in [1.82, 2.24) is 0 Å². The van der Waals surface area contributed by atoms with Gasteiger partial charge in [0.15, 0.2) is 6.20 Å². The van der Waals surface area contributed by atoms with Crippen LogP contribution in [0.3, 0.4) is 0 Å². The number of hydrogen-bond acceptors (Lipinski definition) is 1. The lowest BCUT2D eigenvalue weighted by Crippen LogP contribution is -2.30. The molecule has 0 bridgehead atoms. The van der Waals surface area contributed by atoms with Gasteiger partial charge in [-0.2, -0.15) is 0 Å². The summed E-state index contributed by atoms with van der Waals surface area (Å²) in [6.07, 6.45) is 2.08. The molecule has 2 aromatic heterocycles. The molecule has 0 aliphatic carbocycles. The van der Waals surface area contributed by atoms with Crippen LogP contribution < -0.4 is 4.57 Å². The summed E-state index contributed by atoms with van der Waals surface area (Å²) in [5, 5.41) is 2.29. The second-order valence-corrected chi connectivity index (χ2v) is 10.2. The van der Waals surface area contributed by atoms with Gasteiger partial charge in [-0.3, -0.25) is 0 Å². The van der Waals surface area contributed by atoms with E-state index in [9.17, 15) is 0 Å². The van der Waals surface area contributed by atoms with E-state index in [1.165, 1.54) is 33.4 Å². The van der Waals surface area contributed by atoms with Crippen LogP contribution in [0, 0.1) is 6.92 Å². The first-order valence-electron chi connectivity index (χ1n) is 13.3. The van der Waals surface area contributed by atoms with E-state index in [-0.39, 0.29) is 0 Å². The number of hydrogen-bond donors (Lipinski definition) is 0. The van der Waals surface area contributed by atoms with Crippen LogP contribution in [0.25, 0.3) is 66.6 Å². The lowest BCUT2D eigenvalue weighted by Gasteiger charge is -2.07. The summed E-state index contributed by atoms with van der Waals surface area (Å²) >= 11 is 0. The molecule has 39 heavy (non-hydrogen) atoms. The van der Waals surface area contributed by atoms with Gasteiger partial charge < -0.3 is 4.42 Å². The third-order valence-electron chi connectivity index (χ3n) is 7.70. The Morgan fingerprint density at radius 1 is 0.513 bits per heavy atom. The van der Waals surface area contributed by atoms with Gasteiger partial charge in [-0.15, -0.1) is 0 Å². The molecule has 0 fully saturated rings. The van der Waals surface area contributed by atoms with E-state index in [4.69, 9.17) is 4.42 Å². The molecule has 0 unspecified atom stereocenters. The summed E-state index contributed by atoms with van der Waals surface area (Å²) in [5.74, 6) is 0. The van der Waals surface area contributed by atoms with Gasteiger partial charge in [-0.1, -0.05) is 97.1 Å². The van der Waals surface area contributed by atoms with Crippen LogP contribution in [-0.4, -0.2) is 0 Å². The van der Waals surface area contributed by atoms with E-state index in [2.05, 4.69) is 146 Å². The zero-order valence-electron chi connectivity index (χ0n) is 22.1. The predicted octanol–water partition coefficient (Wildman–Crippen LogP) is 9.39. The number of furan rings is 1. The quantitative estimate of drug-likeness (QED) is 0.219. The van der Waals surface area contributed by atoms with Gasteiger partial charge in [0, 0.05) is 22.9 Å². The number of pyridine rings is 1. The first kappa shape index (κ1) is 23.2. The molecule has 2 nitrogen and oxygen atoms in total. The van der Waals surface area contributed by atoms with Gasteiger partial charge in [0.2, 0.25) is 5.69 Å². The number of rotatable bonds is 4. The fourth-order valence-corrected chi connectivity index (χ4v) is 5.56. The molecule has 0 amide bonds. The van der Waals surface area contributed by atoms with Crippen molar-refractivity contribution < 1.29 is 8.98 Å². The summed E-state index contributed by atoms with van der Waals surface area (Å²) < 4.78 is 8.71. The van der Waals surface area contributed by atoms with Crippen molar-refractivity contribution >= 4 is 21.9 Å². The van der Waals surface area contributed by atoms with Crippen molar-refractivity contribution in [2.75, 3.05) is 0 Å². The van der Waals surface area contributed by atoms with Crippen LogP contribution >= 0.6 is 0 Å². The van der Waals surface area contributed by atoms with Crippen molar-refractivity contribution in [2.45, 2.75) is 6.92 Å². The van der Waals surface area contributed by atoms with Gasteiger partial charge in [0.05, 0.1) is 5.56 Å². The molecule has 5 aromatic carbocycles. The Bertz CT molecular complexity index is 1950. The highest BCUT2D eigenvalue weighted by Gasteiger charge is 2.20. The van der Waals surface area contributed by atoms with Crippen LogP contribution in [0.2, 0.25) is 0 Å². The minimum absolute atomic E-state index is 0.911. The molecule has 0 radical (unpaired) electrons. The Morgan fingerprint density at radius 3 is 1.69 bits per heavy atom. The van der Waals surface area contributed by atoms with Crippen molar-refractivity contribution in [1.29, 1.82) is 0 Å². The monoisotopic (exact) mass is 502 g/mol. The van der Waals surface area contributed by atoms with E-state index < -0.39 is 0 Å². The van der Waals surface area contributed by atoms with Crippen molar-refractivity contribution in [3.05, 3.63) is 139 Å². The molecule has 7 aromatic rings. The number of fused-ring (bicyclic) bond motifs is 3. The molecule has 0 saturated heterocycles. The maximum atomic E-state index is 6.56. The van der Waals surface area contributed by atoms with Gasteiger partial charge in [0.25, 0.3) is 0 Å². The van der Waals surface area contributed by atoms with E-state index in [0.29, 0.717) is 0 Å². The highest BCUT2D eigenvalue weighted by atomic mass is 16.3. The topological polar surface area (TPSA) is 17.0 Å². The molecule has 0 N–H and O–H groups in total. The number of benzene rings is 5. The smallest absolute Gasteiger partial charge is 0.216 e. The maximum absolute atomic E-state index is 6.56. The average molecular weight is 503 g/mol. The minimum atomic E-state index is 0.911. The Morgan fingerprint density at radius 2 is 1.05 bits per heavy atom. The highest BCUT2D eigenvalue weighted by Crippen LogP contribution is 2.38.